The van der Waals surface area contributed by atoms with Gasteiger partial charge in [0.2, 0.25) is 0 Å². The number of hydrogen-bond acceptors (Lipinski definition) is 3. The van der Waals surface area contributed by atoms with Crippen molar-refractivity contribution in [1.82, 2.24) is 0 Å². The zero-order valence-electron chi connectivity index (χ0n) is 3.70. The Bertz CT molecular complexity index is 170. The van der Waals surface area contributed by atoms with E-state index in [0.717, 1.165) is 0 Å². The molecule has 0 spiro atoms. The first-order valence-corrected chi connectivity index (χ1v) is 4.58. The summed E-state index contributed by atoms with van der Waals surface area (Å²) in [4.78, 5) is 9.56. The zero-order chi connectivity index (χ0) is 6.57. The maximum atomic E-state index is 9.68. The Kier molecular flexibility index (Phi) is 3.33. The highest BCUT2D eigenvalue weighted by molar-refractivity contribution is 14.2. The number of rotatable bonds is 2. The molecule has 0 aliphatic rings. The van der Waals surface area contributed by atoms with Crippen LogP contribution >= 0.6 is 19.8 Å². The summed E-state index contributed by atoms with van der Waals surface area (Å²) in [6.07, 6.45) is 0.602. The van der Waals surface area contributed by atoms with Crippen LogP contribution in [0.5, 0.6) is 0 Å². The molecule has 0 fully saturated rings. The molecule has 0 aromatic carbocycles. The molecule has 0 saturated carbocycles. The van der Waals surface area contributed by atoms with Crippen molar-refractivity contribution in [3.8, 4) is 0 Å². The summed E-state index contributed by atoms with van der Waals surface area (Å²) in [5, 5.41) is 7.82. The fourth-order valence-corrected chi connectivity index (χ4v) is 0.707. The van der Waals surface area contributed by atoms with E-state index in [0.29, 0.717) is 10.2 Å². The minimum atomic E-state index is -3.43. The third-order valence-corrected chi connectivity index (χ3v) is 1.26. The second kappa shape index (κ2) is 3.53. The molecule has 0 amide bonds. The number of halogens is 1. The molecule has 46 valence electrons. The van der Waals surface area contributed by atoms with Crippen LogP contribution in [-0.2, 0) is 10.9 Å². The van der Waals surface area contributed by atoms with Gasteiger partial charge in [-0.3, -0.25) is 0 Å². The van der Waals surface area contributed by atoms with Gasteiger partial charge >= 0.3 is 25.8 Å². The molecule has 0 rings (SSSR count). The monoisotopic (exact) mass is 230 g/mol. The average Bonchev–Trinajstić information content (AvgIpc) is 1.61. The minimum absolute atomic E-state index is 0.602. The lowest BCUT2D eigenvalue weighted by Gasteiger charge is -1.68. The molecule has 0 radical (unpaired) electrons. The normalized spacial score (nSPS) is 10.6. The van der Waals surface area contributed by atoms with Crippen LogP contribution in [0.4, 0.5) is 0 Å². The summed E-state index contributed by atoms with van der Waals surface area (Å²) in [7, 11) is 0. The molecule has 5 heteroatoms. The van der Waals surface area contributed by atoms with Gasteiger partial charge in [0.1, 0.15) is 0 Å². The van der Waals surface area contributed by atoms with Crippen molar-refractivity contribution in [2.45, 2.75) is 0 Å². The summed E-state index contributed by atoms with van der Waals surface area (Å²) in [6, 6.07) is 0. The molecule has 4 nitrogen and oxygen atoms in total. The van der Waals surface area contributed by atoms with Gasteiger partial charge < -0.3 is 5.11 Å². The number of carboxylic acid groups (broad SMARTS) is 1. The summed E-state index contributed by atoms with van der Waals surface area (Å²) in [6.45, 7) is 0. The molecule has 8 heavy (non-hydrogen) atoms. The van der Waals surface area contributed by atoms with Crippen LogP contribution in [0, 0.1) is 0 Å². The number of aliphatic carboxylic acids is 1. The third-order valence-electron chi connectivity index (χ3n) is 0.308. The molecule has 0 aromatic rings. The first-order valence-electron chi connectivity index (χ1n) is 1.58. The van der Waals surface area contributed by atoms with E-state index in [-0.39, 0.29) is 0 Å². The Morgan fingerprint density at radius 2 is 2.00 bits per heavy atom. The predicted molar refractivity (Wildman–Crippen MR) is 32.2 cm³/mol. The van der Waals surface area contributed by atoms with Gasteiger partial charge in [-0.1, -0.05) is 0 Å². The highest BCUT2D eigenvalue weighted by Crippen LogP contribution is 2.03. The fourth-order valence-electron chi connectivity index (χ4n) is 0.105. The van der Waals surface area contributed by atoms with Gasteiger partial charge in [-0.05, 0) is 0 Å². The molecular formula is C3H3IO4. The molecule has 0 aliphatic carbocycles. The zero-order valence-corrected chi connectivity index (χ0v) is 5.86. The SMILES string of the molecule is O=C(O)C=CI(=O)=O. The Morgan fingerprint density at radius 1 is 1.50 bits per heavy atom. The van der Waals surface area contributed by atoms with Crippen molar-refractivity contribution < 1.29 is 16.0 Å². The summed E-state index contributed by atoms with van der Waals surface area (Å²) in [5.41, 5.74) is 0. The molecule has 0 atom stereocenters. The molecule has 0 bridgehead atoms. The molecule has 0 saturated heterocycles. The van der Waals surface area contributed by atoms with E-state index in [9.17, 15) is 10.9 Å². The Morgan fingerprint density at radius 3 is 2.12 bits per heavy atom. The van der Waals surface area contributed by atoms with Crippen LogP contribution in [-0.4, -0.2) is 11.1 Å². The van der Waals surface area contributed by atoms with Crippen LogP contribution in [0.3, 0.4) is 0 Å². The lowest BCUT2D eigenvalue weighted by atomic mass is 10.7. The maximum Gasteiger partial charge on any atom is 0.333 e. The van der Waals surface area contributed by atoms with E-state index in [1.54, 1.807) is 0 Å². The van der Waals surface area contributed by atoms with Gasteiger partial charge in [0.05, 0.1) is 0 Å². The van der Waals surface area contributed by atoms with Crippen LogP contribution in [0.15, 0.2) is 10.2 Å². The molecule has 1 N–H and O–H groups in total. The van der Waals surface area contributed by atoms with Crippen molar-refractivity contribution in [2.75, 3.05) is 0 Å². The van der Waals surface area contributed by atoms with Gasteiger partial charge in [0, 0.05) is 10.2 Å². The van der Waals surface area contributed by atoms with E-state index < -0.39 is 25.8 Å². The Hall–Kier alpha value is -0.460. The highest BCUT2D eigenvalue weighted by atomic mass is 127. The smallest absolute Gasteiger partial charge is 0.333 e. The van der Waals surface area contributed by atoms with E-state index in [2.05, 4.69) is 0 Å². The van der Waals surface area contributed by atoms with E-state index in [4.69, 9.17) is 5.11 Å². The summed E-state index contributed by atoms with van der Waals surface area (Å²) < 4.78 is 20.1. The Labute approximate surface area is 52.3 Å². The number of carbonyl (C=O) groups is 1. The number of hydrogen-bond donors (Lipinski definition) is 1. The molecule has 0 heterocycles. The van der Waals surface area contributed by atoms with Crippen LogP contribution < -0.4 is 0 Å². The average molecular weight is 230 g/mol. The Balaban J connectivity index is 3.86. The summed E-state index contributed by atoms with van der Waals surface area (Å²) >= 11 is -3.43. The second-order valence-corrected chi connectivity index (χ2v) is 2.97. The third kappa shape index (κ3) is 5.54. The van der Waals surface area contributed by atoms with Crippen molar-refractivity contribution >= 4 is 25.8 Å². The predicted octanol–water partition coefficient (Wildman–Crippen LogP) is 0.782. The van der Waals surface area contributed by atoms with Gasteiger partial charge in [-0.25, -0.2) is 10.9 Å². The van der Waals surface area contributed by atoms with Gasteiger partial charge in [-0.15, -0.1) is 0 Å². The van der Waals surface area contributed by atoms with Gasteiger partial charge in [-0.2, -0.15) is 0 Å². The summed E-state index contributed by atoms with van der Waals surface area (Å²) in [5.74, 6) is -1.24. The van der Waals surface area contributed by atoms with Crippen molar-refractivity contribution in [3.05, 3.63) is 10.2 Å². The van der Waals surface area contributed by atoms with Crippen LogP contribution in [0.1, 0.15) is 0 Å². The van der Waals surface area contributed by atoms with Gasteiger partial charge in [0.15, 0.2) is 0 Å². The quantitative estimate of drug-likeness (QED) is 0.562. The molecule has 0 aromatic heterocycles. The first kappa shape index (κ1) is 7.54. The molecule has 0 aliphatic heterocycles. The number of carboxylic acids is 1. The lowest BCUT2D eigenvalue weighted by Crippen LogP contribution is -1.83. The molecule has 0 unspecified atom stereocenters. The highest BCUT2D eigenvalue weighted by Gasteiger charge is 1.84. The minimum Gasteiger partial charge on any atom is -0.478 e. The van der Waals surface area contributed by atoms with E-state index >= 15 is 0 Å². The van der Waals surface area contributed by atoms with Crippen molar-refractivity contribution in [3.63, 3.8) is 0 Å². The lowest BCUT2D eigenvalue weighted by molar-refractivity contribution is -0.131. The topological polar surface area (TPSA) is 71.4 Å². The standard InChI is InChI=1S/C3H3IO4/c5-3(6)1-2-4(7)8/h1-2H,(H,5,6). The second-order valence-electron chi connectivity index (χ2n) is 0.872. The van der Waals surface area contributed by atoms with Gasteiger partial charge in [0.25, 0.3) is 0 Å². The first-order chi connectivity index (χ1) is 3.63. The van der Waals surface area contributed by atoms with E-state index in [1.807, 2.05) is 0 Å². The molecular weight excluding hydrogens is 227 g/mol. The maximum absolute atomic E-state index is 9.68. The fraction of sp³-hybridized carbons (Fsp3) is 0. The van der Waals surface area contributed by atoms with E-state index in [1.165, 1.54) is 0 Å². The van der Waals surface area contributed by atoms with Crippen molar-refractivity contribution in [2.24, 2.45) is 0 Å². The van der Waals surface area contributed by atoms with Crippen LogP contribution in [0.25, 0.3) is 0 Å². The largest absolute Gasteiger partial charge is 0.478 e. The van der Waals surface area contributed by atoms with Crippen molar-refractivity contribution in [1.29, 1.82) is 0 Å². The van der Waals surface area contributed by atoms with Crippen LogP contribution in [0.2, 0.25) is 0 Å².